The first-order valence-electron chi connectivity index (χ1n) is 7.59. The van der Waals surface area contributed by atoms with Crippen LogP contribution in [0.4, 0.5) is 5.69 Å². The van der Waals surface area contributed by atoms with Crippen molar-refractivity contribution >= 4 is 34.6 Å². The van der Waals surface area contributed by atoms with E-state index in [0.29, 0.717) is 15.8 Å². The second-order valence-electron chi connectivity index (χ2n) is 5.77. The molecule has 2 N–H and O–H groups in total. The highest BCUT2D eigenvalue weighted by atomic mass is 32.2. The highest BCUT2D eigenvalue weighted by molar-refractivity contribution is 8.18. The number of thioether (sulfide) groups is 1. The van der Waals surface area contributed by atoms with Gasteiger partial charge in [-0.3, -0.25) is 4.79 Å². The number of aromatic hydroxyl groups is 1. The van der Waals surface area contributed by atoms with Crippen molar-refractivity contribution in [2.24, 2.45) is 4.99 Å². The molecule has 3 rings (SSSR count). The van der Waals surface area contributed by atoms with Crippen LogP contribution in [0.25, 0.3) is 6.08 Å². The lowest BCUT2D eigenvalue weighted by molar-refractivity contribution is -0.115. The lowest BCUT2D eigenvalue weighted by Crippen LogP contribution is -2.19. The van der Waals surface area contributed by atoms with E-state index in [1.807, 2.05) is 63.2 Å². The number of carbonyl (C=O) groups is 1. The standard InChI is InChI=1S/C19H18N2O2S/c1-11-6-4-5-7-15(11)20-19-21-18(23)16(24-19)10-14-8-12(2)17(22)13(3)9-14/h4-10,22H,1-3H3,(H,20,21,23)/b16-10-. The van der Waals surface area contributed by atoms with E-state index in [0.717, 1.165) is 27.9 Å². The Labute approximate surface area is 145 Å². The molecule has 1 fully saturated rings. The summed E-state index contributed by atoms with van der Waals surface area (Å²) in [5, 5.41) is 13.2. The predicted octanol–water partition coefficient (Wildman–Crippen LogP) is 4.21. The van der Waals surface area contributed by atoms with E-state index in [1.165, 1.54) is 11.8 Å². The Hall–Kier alpha value is -2.53. The van der Waals surface area contributed by atoms with Crippen molar-refractivity contribution < 1.29 is 9.90 Å². The molecule has 2 aromatic carbocycles. The van der Waals surface area contributed by atoms with Gasteiger partial charge in [0.05, 0.1) is 10.6 Å². The Morgan fingerprint density at radius 3 is 2.42 bits per heavy atom. The summed E-state index contributed by atoms with van der Waals surface area (Å²) >= 11 is 1.32. The fraction of sp³-hybridized carbons (Fsp3) is 0.158. The summed E-state index contributed by atoms with van der Waals surface area (Å²) in [6, 6.07) is 11.5. The molecule has 2 aromatic rings. The number of hydrogen-bond acceptors (Lipinski definition) is 4. The normalized spacial score (nSPS) is 17.5. The predicted molar refractivity (Wildman–Crippen MR) is 99.6 cm³/mol. The van der Waals surface area contributed by atoms with Crippen LogP contribution >= 0.6 is 11.8 Å². The van der Waals surface area contributed by atoms with Crippen molar-refractivity contribution in [3.05, 3.63) is 63.6 Å². The van der Waals surface area contributed by atoms with Crippen LogP contribution < -0.4 is 5.32 Å². The van der Waals surface area contributed by atoms with Crippen molar-refractivity contribution in [1.82, 2.24) is 5.32 Å². The van der Waals surface area contributed by atoms with E-state index in [4.69, 9.17) is 0 Å². The van der Waals surface area contributed by atoms with Gasteiger partial charge < -0.3 is 10.4 Å². The van der Waals surface area contributed by atoms with Crippen LogP contribution in [0, 0.1) is 20.8 Å². The number of aryl methyl sites for hydroxylation is 3. The fourth-order valence-corrected chi connectivity index (χ4v) is 3.34. The number of rotatable bonds is 2. The van der Waals surface area contributed by atoms with E-state index in [1.54, 1.807) is 0 Å². The quantitative estimate of drug-likeness (QED) is 0.806. The number of para-hydroxylation sites is 1. The molecular formula is C19H18N2O2S. The molecule has 0 atom stereocenters. The second-order valence-corrected chi connectivity index (χ2v) is 6.80. The molecule has 1 amide bonds. The van der Waals surface area contributed by atoms with Crippen LogP contribution in [0.2, 0.25) is 0 Å². The number of aliphatic imine (C=N–C) groups is 1. The van der Waals surface area contributed by atoms with Gasteiger partial charge in [0, 0.05) is 0 Å². The second kappa shape index (κ2) is 6.53. The molecule has 0 spiro atoms. The van der Waals surface area contributed by atoms with E-state index < -0.39 is 0 Å². The van der Waals surface area contributed by atoms with Crippen LogP contribution in [0.15, 0.2) is 46.3 Å². The molecule has 5 heteroatoms. The molecule has 0 aromatic heterocycles. The molecule has 122 valence electrons. The minimum atomic E-state index is -0.157. The molecule has 0 saturated carbocycles. The fourth-order valence-electron chi connectivity index (χ4n) is 2.50. The summed E-state index contributed by atoms with van der Waals surface area (Å²) in [6.45, 7) is 5.67. The Morgan fingerprint density at radius 2 is 1.75 bits per heavy atom. The Kier molecular flexibility index (Phi) is 4.44. The van der Waals surface area contributed by atoms with Crippen molar-refractivity contribution in [3.8, 4) is 5.75 Å². The summed E-state index contributed by atoms with van der Waals surface area (Å²) < 4.78 is 0. The van der Waals surface area contributed by atoms with E-state index >= 15 is 0 Å². The lowest BCUT2D eigenvalue weighted by atomic mass is 10.1. The molecule has 4 nitrogen and oxygen atoms in total. The minimum absolute atomic E-state index is 0.157. The monoisotopic (exact) mass is 338 g/mol. The van der Waals surface area contributed by atoms with Gasteiger partial charge in [-0.25, -0.2) is 4.99 Å². The third-order valence-corrected chi connectivity index (χ3v) is 4.71. The van der Waals surface area contributed by atoms with Crippen LogP contribution in [0.3, 0.4) is 0 Å². The lowest BCUT2D eigenvalue weighted by Gasteiger charge is -2.05. The highest BCUT2D eigenvalue weighted by Crippen LogP contribution is 2.30. The number of phenols is 1. The summed E-state index contributed by atoms with van der Waals surface area (Å²) in [4.78, 5) is 17.3. The van der Waals surface area contributed by atoms with Gasteiger partial charge in [0.1, 0.15) is 5.75 Å². The summed E-state index contributed by atoms with van der Waals surface area (Å²) in [5.41, 5.74) is 4.37. The van der Waals surface area contributed by atoms with Crippen LogP contribution in [0.1, 0.15) is 22.3 Å². The molecule has 1 saturated heterocycles. The third kappa shape index (κ3) is 3.36. The first-order chi connectivity index (χ1) is 11.4. The van der Waals surface area contributed by atoms with Gasteiger partial charge in [0.15, 0.2) is 5.17 Å². The first kappa shape index (κ1) is 16.3. The maximum Gasteiger partial charge on any atom is 0.264 e. The van der Waals surface area contributed by atoms with E-state index in [9.17, 15) is 9.90 Å². The molecule has 0 radical (unpaired) electrons. The summed E-state index contributed by atoms with van der Waals surface area (Å²) in [5.74, 6) is 0.137. The minimum Gasteiger partial charge on any atom is -0.507 e. The van der Waals surface area contributed by atoms with Gasteiger partial charge in [-0.1, -0.05) is 18.2 Å². The number of amides is 1. The number of nitrogens with one attached hydrogen (secondary N) is 1. The zero-order chi connectivity index (χ0) is 17.3. The highest BCUT2D eigenvalue weighted by Gasteiger charge is 2.24. The molecule has 24 heavy (non-hydrogen) atoms. The number of benzene rings is 2. The maximum atomic E-state index is 12.2. The van der Waals surface area contributed by atoms with Crippen LogP contribution in [-0.2, 0) is 4.79 Å². The van der Waals surface area contributed by atoms with Gasteiger partial charge in [0.25, 0.3) is 5.91 Å². The topological polar surface area (TPSA) is 61.7 Å². The molecular weight excluding hydrogens is 320 g/mol. The molecule has 0 unspecified atom stereocenters. The first-order valence-corrected chi connectivity index (χ1v) is 8.41. The smallest absolute Gasteiger partial charge is 0.264 e. The van der Waals surface area contributed by atoms with Crippen molar-refractivity contribution in [1.29, 1.82) is 0 Å². The maximum absolute atomic E-state index is 12.2. The van der Waals surface area contributed by atoms with Crippen molar-refractivity contribution in [2.45, 2.75) is 20.8 Å². The molecule has 1 aliphatic heterocycles. The van der Waals surface area contributed by atoms with Gasteiger partial charge >= 0.3 is 0 Å². The molecule has 1 aliphatic rings. The van der Waals surface area contributed by atoms with Gasteiger partial charge in [-0.2, -0.15) is 0 Å². The van der Waals surface area contributed by atoms with E-state index in [2.05, 4.69) is 10.3 Å². The number of carbonyl (C=O) groups excluding carboxylic acids is 1. The summed E-state index contributed by atoms with van der Waals surface area (Å²) in [7, 11) is 0. The van der Waals surface area contributed by atoms with Gasteiger partial charge in [-0.15, -0.1) is 0 Å². The molecule has 0 bridgehead atoms. The Bertz CT molecular complexity index is 862. The van der Waals surface area contributed by atoms with Crippen LogP contribution in [0.5, 0.6) is 5.75 Å². The Morgan fingerprint density at radius 1 is 1.08 bits per heavy atom. The zero-order valence-corrected chi connectivity index (χ0v) is 14.6. The number of amidine groups is 1. The van der Waals surface area contributed by atoms with Crippen molar-refractivity contribution in [3.63, 3.8) is 0 Å². The summed E-state index contributed by atoms with van der Waals surface area (Å²) in [6.07, 6.45) is 1.82. The van der Waals surface area contributed by atoms with Gasteiger partial charge in [-0.05, 0) is 79.1 Å². The Balaban J connectivity index is 1.89. The SMILES string of the molecule is Cc1ccccc1N=C1NC(=O)/C(=C/c2cc(C)c(O)c(C)c2)S1. The van der Waals surface area contributed by atoms with Crippen LogP contribution in [-0.4, -0.2) is 16.2 Å². The van der Waals surface area contributed by atoms with Gasteiger partial charge in [0.2, 0.25) is 0 Å². The average Bonchev–Trinajstić information content (AvgIpc) is 2.87. The number of phenolic OH excluding ortho intramolecular Hbond substituents is 1. The van der Waals surface area contributed by atoms with Crippen molar-refractivity contribution in [2.75, 3.05) is 0 Å². The third-order valence-electron chi connectivity index (χ3n) is 3.80. The largest absolute Gasteiger partial charge is 0.507 e. The molecule has 0 aliphatic carbocycles. The zero-order valence-electron chi connectivity index (χ0n) is 13.8. The number of hydrogen-bond donors (Lipinski definition) is 2. The molecule has 1 heterocycles. The van der Waals surface area contributed by atoms with E-state index in [-0.39, 0.29) is 5.91 Å². The average molecular weight is 338 g/mol. The number of nitrogens with zero attached hydrogens (tertiary/aromatic N) is 1.